The third kappa shape index (κ3) is 3.03. The highest BCUT2D eigenvalue weighted by Gasteiger charge is 2.14. The lowest BCUT2D eigenvalue weighted by Crippen LogP contribution is -2.08. The van der Waals surface area contributed by atoms with Gasteiger partial charge in [0.25, 0.3) is 0 Å². The fourth-order valence-electron chi connectivity index (χ4n) is 1.49. The lowest BCUT2D eigenvalue weighted by atomic mass is 9.92. The fraction of sp³-hybridized carbons (Fsp3) is 0.615. The summed E-state index contributed by atoms with van der Waals surface area (Å²) in [6, 6.07) is 0. The van der Waals surface area contributed by atoms with Crippen LogP contribution in [-0.4, -0.2) is 5.78 Å². The topological polar surface area (TPSA) is 17.1 Å². The van der Waals surface area contributed by atoms with E-state index in [-0.39, 0.29) is 5.78 Å². The van der Waals surface area contributed by atoms with Gasteiger partial charge in [-0.3, -0.25) is 4.79 Å². The van der Waals surface area contributed by atoms with Crippen LogP contribution in [0.25, 0.3) is 0 Å². The lowest BCUT2D eigenvalue weighted by molar-refractivity contribution is -0.116. The molecule has 0 bridgehead atoms. The van der Waals surface area contributed by atoms with Crippen molar-refractivity contribution in [2.45, 2.75) is 46.5 Å². The Morgan fingerprint density at radius 1 is 1.36 bits per heavy atom. The average Bonchev–Trinajstić information content (AvgIpc) is 2.12. The van der Waals surface area contributed by atoms with Crippen LogP contribution in [0.4, 0.5) is 0 Å². The minimum absolute atomic E-state index is 0.282. The molecule has 1 nitrogen and oxygen atoms in total. The lowest BCUT2D eigenvalue weighted by Gasteiger charge is -2.11. The zero-order valence-corrected chi connectivity index (χ0v) is 9.31. The van der Waals surface area contributed by atoms with Crippen molar-refractivity contribution >= 4 is 5.78 Å². The molecule has 0 aromatic rings. The summed E-state index contributed by atoms with van der Waals surface area (Å²) in [5.41, 5.74) is 1.97. The second-order valence-electron chi connectivity index (χ2n) is 4.28. The predicted octanol–water partition coefficient (Wildman–Crippen LogP) is 3.11. The molecule has 0 unspecified atom stereocenters. The molecule has 0 saturated heterocycles. The van der Waals surface area contributed by atoms with Crippen molar-refractivity contribution in [1.29, 1.82) is 0 Å². The molecule has 1 aliphatic rings. The maximum Gasteiger partial charge on any atom is 0.159 e. The van der Waals surface area contributed by atoms with E-state index < -0.39 is 0 Å². The summed E-state index contributed by atoms with van der Waals surface area (Å²) >= 11 is 0. The van der Waals surface area contributed by atoms with E-state index in [1.54, 1.807) is 0 Å². The summed E-state index contributed by atoms with van der Waals surface area (Å²) in [5, 5.41) is 0. The molecular weight excluding hydrogens is 172 g/mol. The van der Waals surface area contributed by atoms with Crippen molar-refractivity contribution in [2.24, 2.45) is 5.92 Å². The summed E-state index contributed by atoms with van der Waals surface area (Å²) in [7, 11) is 0. The molecule has 0 fully saturated rings. The van der Waals surface area contributed by atoms with Crippen LogP contribution < -0.4 is 0 Å². The van der Waals surface area contributed by atoms with Gasteiger partial charge in [0.2, 0.25) is 0 Å². The van der Waals surface area contributed by atoms with E-state index in [1.807, 2.05) is 6.92 Å². The molecule has 0 aromatic carbocycles. The molecule has 1 aliphatic carbocycles. The van der Waals surface area contributed by atoms with Crippen molar-refractivity contribution in [3.63, 3.8) is 0 Å². The minimum Gasteiger partial charge on any atom is -0.295 e. The van der Waals surface area contributed by atoms with Crippen LogP contribution in [0.1, 0.15) is 46.5 Å². The Kier molecular flexibility index (Phi) is 3.95. The quantitative estimate of drug-likeness (QED) is 0.581. The van der Waals surface area contributed by atoms with Gasteiger partial charge < -0.3 is 0 Å². The highest BCUT2D eigenvalue weighted by Crippen LogP contribution is 2.20. The summed E-state index contributed by atoms with van der Waals surface area (Å²) in [6.45, 7) is 6.21. The Bertz CT molecular complexity index is 310. The Balaban J connectivity index is 2.70. The maximum absolute atomic E-state index is 11.4. The van der Waals surface area contributed by atoms with Crippen LogP contribution >= 0.6 is 0 Å². The van der Waals surface area contributed by atoms with Crippen molar-refractivity contribution in [3.05, 3.63) is 11.1 Å². The summed E-state index contributed by atoms with van der Waals surface area (Å²) in [5.74, 6) is 7.18. The zero-order chi connectivity index (χ0) is 10.6. The third-order valence-corrected chi connectivity index (χ3v) is 2.45. The standard InChI is InChI=1S/C13H18O/c1-10(2)6-4-7-12-8-5-9-13(14)11(12)3/h10H,5-6,8-9H2,1-3H3. The summed E-state index contributed by atoms with van der Waals surface area (Å²) in [6.07, 6.45) is 3.59. The van der Waals surface area contributed by atoms with Gasteiger partial charge in [-0.2, -0.15) is 0 Å². The van der Waals surface area contributed by atoms with Crippen LogP contribution in [0, 0.1) is 17.8 Å². The number of ketones is 1. The molecular formula is C13H18O. The number of carbonyl (C=O) groups is 1. The summed E-state index contributed by atoms with van der Waals surface area (Å²) < 4.78 is 0. The van der Waals surface area contributed by atoms with Gasteiger partial charge in [-0.05, 0) is 25.7 Å². The summed E-state index contributed by atoms with van der Waals surface area (Å²) in [4.78, 5) is 11.4. The van der Waals surface area contributed by atoms with Crippen LogP contribution in [0.15, 0.2) is 11.1 Å². The Hall–Kier alpha value is -1.03. The molecule has 14 heavy (non-hydrogen) atoms. The van der Waals surface area contributed by atoms with Gasteiger partial charge in [-0.15, -0.1) is 0 Å². The van der Waals surface area contributed by atoms with Crippen LogP contribution in [0.5, 0.6) is 0 Å². The van der Waals surface area contributed by atoms with E-state index in [0.29, 0.717) is 12.3 Å². The molecule has 0 atom stereocenters. The van der Waals surface area contributed by atoms with E-state index in [9.17, 15) is 4.79 Å². The van der Waals surface area contributed by atoms with E-state index in [4.69, 9.17) is 0 Å². The SMILES string of the molecule is CC1=C(C#CCC(C)C)CCCC1=O. The molecule has 0 aliphatic heterocycles. The molecule has 0 heterocycles. The normalized spacial score (nSPS) is 17.0. The van der Waals surface area contributed by atoms with E-state index in [0.717, 1.165) is 30.4 Å². The Labute approximate surface area is 86.6 Å². The number of hydrogen-bond donors (Lipinski definition) is 0. The van der Waals surface area contributed by atoms with Gasteiger partial charge >= 0.3 is 0 Å². The van der Waals surface area contributed by atoms with Gasteiger partial charge in [-0.1, -0.05) is 25.7 Å². The van der Waals surface area contributed by atoms with Gasteiger partial charge in [0.1, 0.15) is 0 Å². The Morgan fingerprint density at radius 3 is 2.71 bits per heavy atom. The molecule has 0 amide bonds. The fourth-order valence-corrected chi connectivity index (χ4v) is 1.49. The third-order valence-electron chi connectivity index (χ3n) is 2.45. The van der Waals surface area contributed by atoms with Crippen molar-refractivity contribution in [3.8, 4) is 11.8 Å². The zero-order valence-electron chi connectivity index (χ0n) is 9.31. The van der Waals surface area contributed by atoms with E-state index in [1.165, 1.54) is 0 Å². The predicted molar refractivity (Wildman–Crippen MR) is 58.8 cm³/mol. The first-order chi connectivity index (χ1) is 6.61. The largest absolute Gasteiger partial charge is 0.295 e. The molecule has 0 N–H and O–H groups in total. The molecule has 0 aromatic heterocycles. The first-order valence-corrected chi connectivity index (χ1v) is 5.33. The maximum atomic E-state index is 11.4. The second kappa shape index (κ2) is 5.00. The van der Waals surface area contributed by atoms with Crippen molar-refractivity contribution < 1.29 is 4.79 Å². The van der Waals surface area contributed by atoms with Crippen LogP contribution in [0.3, 0.4) is 0 Å². The number of Topliss-reactive ketones (excluding diaryl/α,β-unsaturated/α-hetero) is 1. The van der Waals surface area contributed by atoms with Gasteiger partial charge in [-0.25, -0.2) is 0 Å². The molecule has 76 valence electrons. The number of hydrogen-bond acceptors (Lipinski definition) is 1. The van der Waals surface area contributed by atoms with Crippen LogP contribution in [-0.2, 0) is 4.79 Å². The smallest absolute Gasteiger partial charge is 0.159 e. The highest BCUT2D eigenvalue weighted by atomic mass is 16.1. The Morgan fingerprint density at radius 2 is 2.07 bits per heavy atom. The van der Waals surface area contributed by atoms with Crippen molar-refractivity contribution in [1.82, 2.24) is 0 Å². The van der Waals surface area contributed by atoms with Gasteiger partial charge in [0.05, 0.1) is 0 Å². The molecule has 1 heteroatoms. The highest BCUT2D eigenvalue weighted by molar-refractivity contribution is 5.97. The van der Waals surface area contributed by atoms with Gasteiger partial charge in [0, 0.05) is 24.0 Å². The van der Waals surface area contributed by atoms with Crippen molar-refractivity contribution in [2.75, 3.05) is 0 Å². The molecule has 0 spiro atoms. The molecule has 0 saturated carbocycles. The average molecular weight is 190 g/mol. The molecule has 1 rings (SSSR count). The first-order valence-electron chi connectivity index (χ1n) is 5.33. The number of carbonyl (C=O) groups excluding carboxylic acids is 1. The van der Waals surface area contributed by atoms with E-state index in [2.05, 4.69) is 25.7 Å². The molecule has 0 radical (unpaired) electrons. The van der Waals surface area contributed by atoms with Gasteiger partial charge in [0.15, 0.2) is 5.78 Å². The second-order valence-corrected chi connectivity index (χ2v) is 4.28. The monoisotopic (exact) mass is 190 g/mol. The number of allylic oxidation sites excluding steroid dienone is 2. The van der Waals surface area contributed by atoms with E-state index >= 15 is 0 Å². The minimum atomic E-state index is 0.282. The van der Waals surface area contributed by atoms with Crippen LogP contribution in [0.2, 0.25) is 0 Å². The first kappa shape index (κ1) is 11.0. The number of rotatable bonds is 1.